The predicted molar refractivity (Wildman–Crippen MR) is 116 cm³/mol. The molecule has 0 aliphatic carbocycles. The number of alkyl halides is 1. The zero-order valence-electron chi connectivity index (χ0n) is 15.9. The van der Waals surface area contributed by atoms with Crippen molar-refractivity contribution >= 4 is 55.7 Å². The van der Waals surface area contributed by atoms with Gasteiger partial charge >= 0.3 is 5.69 Å². The lowest BCUT2D eigenvalue weighted by Gasteiger charge is -2.24. The van der Waals surface area contributed by atoms with Crippen LogP contribution in [0.5, 0.6) is 0 Å². The molecular weight excluding hydrogens is 539 g/mol. The summed E-state index contributed by atoms with van der Waals surface area (Å²) < 4.78 is 27.5. The molecule has 0 bridgehead atoms. The zero-order valence-corrected chi connectivity index (χ0v) is 18.9. The molecule has 30 heavy (non-hydrogen) atoms. The van der Waals surface area contributed by atoms with Crippen molar-refractivity contribution in [2.45, 2.75) is 6.42 Å². The summed E-state index contributed by atoms with van der Waals surface area (Å²) in [6, 6.07) is 2.13. The van der Waals surface area contributed by atoms with Gasteiger partial charge in [0.15, 0.2) is 5.56 Å². The van der Waals surface area contributed by atoms with Crippen LogP contribution < -0.4 is 10.2 Å². The third-order valence-corrected chi connectivity index (χ3v) is 4.79. The smallest absolute Gasteiger partial charge is 0.312 e. The first-order valence-electron chi connectivity index (χ1n) is 8.53. The number of carbonyl (C=O) groups excluding carboxylic acids is 1. The molecule has 1 rings (SSSR count). The van der Waals surface area contributed by atoms with Gasteiger partial charge in [0, 0.05) is 36.7 Å². The van der Waals surface area contributed by atoms with E-state index in [1.807, 2.05) is 22.6 Å². The van der Waals surface area contributed by atoms with Crippen LogP contribution in [0.2, 0.25) is 0 Å². The summed E-state index contributed by atoms with van der Waals surface area (Å²) in [4.78, 5) is 35.3. The first kappa shape index (κ1) is 25.9. The van der Waals surface area contributed by atoms with Gasteiger partial charge in [0.1, 0.15) is 5.69 Å². The van der Waals surface area contributed by atoms with Gasteiger partial charge in [-0.25, -0.2) is 0 Å². The highest BCUT2D eigenvalue weighted by Crippen LogP contribution is 2.37. The maximum atomic E-state index is 12.5. The van der Waals surface area contributed by atoms with Crippen LogP contribution in [0.1, 0.15) is 16.8 Å². The highest BCUT2D eigenvalue weighted by atomic mass is 127. The van der Waals surface area contributed by atoms with Crippen molar-refractivity contribution in [2.24, 2.45) is 0 Å². The molecule has 1 aromatic carbocycles. The maximum Gasteiger partial charge on any atom is 0.312 e. The molecule has 0 spiro atoms. The summed E-state index contributed by atoms with van der Waals surface area (Å²) in [5, 5.41) is 34.3. The minimum atomic E-state index is -3.73. The number of rotatable bonds is 13. The molecule has 1 aromatic rings. The topological polar surface area (TPSA) is 182 Å². The van der Waals surface area contributed by atoms with Crippen molar-refractivity contribution in [1.82, 2.24) is 5.32 Å². The van der Waals surface area contributed by atoms with Crippen molar-refractivity contribution in [1.29, 1.82) is 0 Å². The number of hydrogen-bond donors (Lipinski definition) is 2. The molecule has 0 saturated heterocycles. The highest BCUT2D eigenvalue weighted by molar-refractivity contribution is 14.1. The number of amides is 1. The van der Waals surface area contributed by atoms with Crippen LogP contribution in [-0.4, -0.2) is 72.8 Å². The summed E-state index contributed by atoms with van der Waals surface area (Å²) in [6.07, 6.45) is 1.02. The average Bonchev–Trinajstić information content (AvgIpc) is 2.65. The lowest BCUT2D eigenvalue weighted by molar-refractivity contribution is -0.394. The predicted octanol–water partition coefficient (Wildman–Crippen LogP) is 0.833. The molecule has 1 amide bonds. The van der Waals surface area contributed by atoms with Crippen LogP contribution in [0.25, 0.3) is 0 Å². The van der Waals surface area contributed by atoms with Gasteiger partial charge < -0.3 is 15.3 Å². The van der Waals surface area contributed by atoms with Crippen LogP contribution in [0.3, 0.4) is 0 Å². The molecule has 0 aliphatic rings. The quantitative estimate of drug-likeness (QED) is 0.0876. The number of anilines is 1. The molecule has 13 nitrogen and oxygen atoms in total. The van der Waals surface area contributed by atoms with Crippen LogP contribution in [-0.2, 0) is 14.3 Å². The Kier molecular flexibility index (Phi) is 10.3. The number of nitro benzene ring substituents is 2. The zero-order chi connectivity index (χ0) is 22.9. The number of carbonyl (C=O) groups is 1. The van der Waals surface area contributed by atoms with E-state index in [9.17, 15) is 33.4 Å². The van der Waals surface area contributed by atoms with Crippen molar-refractivity contribution in [3.8, 4) is 0 Å². The molecule has 0 fully saturated rings. The number of halogens is 1. The van der Waals surface area contributed by atoms with Gasteiger partial charge in [-0.2, -0.15) is 8.42 Å². The number of hydrogen-bond acceptors (Lipinski definition) is 10. The fraction of sp³-hybridized carbons (Fsp3) is 0.533. The largest absolute Gasteiger partial charge is 0.396 e. The number of aliphatic hydroxyl groups is 1. The molecule has 0 unspecified atom stereocenters. The summed E-state index contributed by atoms with van der Waals surface area (Å²) in [6.45, 7) is -0.415. The Morgan fingerprint density at radius 2 is 1.93 bits per heavy atom. The molecule has 168 valence electrons. The van der Waals surface area contributed by atoms with Crippen LogP contribution >= 0.6 is 22.6 Å². The number of nitrogens with zero attached hydrogens (tertiary/aromatic N) is 3. The Morgan fingerprint density at radius 3 is 2.43 bits per heavy atom. The summed E-state index contributed by atoms with van der Waals surface area (Å²) in [7, 11) is -3.73. The molecule has 15 heteroatoms. The number of nitrogens with one attached hydrogen (secondary N) is 1. The summed E-state index contributed by atoms with van der Waals surface area (Å²) in [5.74, 6) is -1.02. The molecule has 0 aromatic heterocycles. The Hall–Kier alpha value is -2.11. The molecule has 2 N–H and O–H groups in total. The molecule has 0 radical (unpaired) electrons. The van der Waals surface area contributed by atoms with E-state index in [-0.39, 0.29) is 45.0 Å². The second-order valence-electron chi connectivity index (χ2n) is 5.88. The van der Waals surface area contributed by atoms with Gasteiger partial charge in [0.05, 0.1) is 22.7 Å². The monoisotopic (exact) mass is 560 g/mol. The van der Waals surface area contributed by atoms with Gasteiger partial charge in [-0.1, -0.05) is 22.6 Å². The van der Waals surface area contributed by atoms with Gasteiger partial charge in [-0.15, -0.1) is 0 Å². The van der Waals surface area contributed by atoms with Crippen LogP contribution in [0.15, 0.2) is 12.1 Å². The molecule has 0 aliphatic heterocycles. The first-order chi connectivity index (χ1) is 14.0. The SMILES string of the molecule is CS(=O)(=O)OCCN(CCI)c1ccc([N+](=O)[O-])c(C(=O)NCCCO)c1[N+](=O)[O-]. The minimum absolute atomic E-state index is 0.0342. The van der Waals surface area contributed by atoms with Crippen molar-refractivity contribution < 1.29 is 32.3 Å². The van der Waals surface area contributed by atoms with Gasteiger partial charge in [-0.05, 0) is 12.5 Å². The number of aliphatic hydroxyl groups excluding tert-OH is 1. The second kappa shape index (κ2) is 11.9. The summed E-state index contributed by atoms with van der Waals surface area (Å²) in [5.41, 5.74) is -2.31. The molecule has 0 atom stereocenters. The Morgan fingerprint density at radius 1 is 1.27 bits per heavy atom. The van der Waals surface area contributed by atoms with Crippen molar-refractivity contribution in [3.63, 3.8) is 0 Å². The Balaban J connectivity index is 3.48. The van der Waals surface area contributed by atoms with Crippen molar-refractivity contribution in [3.05, 3.63) is 37.9 Å². The van der Waals surface area contributed by atoms with Crippen LogP contribution in [0.4, 0.5) is 17.1 Å². The second-order valence-corrected chi connectivity index (χ2v) is 8.60. The first-order valence-corrected chi connectivity index (χ1v) is 11.9. The number of nitro groups is 2. The van der Waals surface area contributed by atoms with E-state index < -0.39 is 42.8 Å². The van der Waals surface area contributed by atoms with E-state index >= 15 is 0 Å². The lowest BCUT2D eigenvalue weighted by atomic mass is 10.1. The third kappa shape index (κ3) is 7.62. The standard InChI is InChI=1S/C15H21IN4O9S/c1-30(27,28)29-10-8-18(7-5-16)12-4-3-11(19(23)24)13(14(12)20(25)26)15(22)17-6-2-9-21/h3-4,21H,2,5-10H2,1H3,(H,17,22). The molecule has 0 heterocycles. The average molecular weight is 560 g/mol. The van der Waals surface area contributed by atoms with E-state index in [0.717, 1.165) is 18.4 Å². The minimum Gasteiger partial charge on any atom is -0.396 e. The van der Waals surface area contributed by atoms with E-state index in [2.05, 4.69) is 9.50 Å². The highest BCUT2D eigenvalue weighted by Gasteiger charge is 2.35. The normalized spacial score (nSPS) is 11.2. The van der Waals surface area contributed by atoms with E-state index in [4.69, 9.17) is 5.11 Å². The van der Waals surface area contributed by atoms with E-state index in [0.29, 0.717) is 4.43 Å². The fourth-order valence-corrected chi connectivity index (χ4v) is 3.47. The van der Waals surface area contributed by atoms with Crippen LogP contribution in [0, 0.1) is 20.2 Å². The summed E-state index contributed by atoms with van der Waals surface area (Å²) >= 11 is 2.01. The Labute approximate surface area is 185 Å². The Bertz CT molecular complexity index is 894. The third-order valence-electron chi connectivity index (χ3n) is 3.72. The van der Waals surface area contributed by atoms with Gasteiger partial charge in [-0.3, -0.25) is 29.2 Å². The van der Waals surface area contributed by atoms with E-state index in [1.54, 1.807) is 0 Å². The maximum absolute atomic E-state index is 12.5. The lowest BCUT2D eigenvalue weighted by Crippen LogP contribution is -2.32. The van der Waals surface area contributed by atoms with Gasteiger partial charge in [0.2, 0.25) is 0 Å². The van der Waals surface area contributed by atoms with Crippen molar-refractivity contribution in [2.75, 3.05) is 48.4 Å². The van der Waals surface area contributed by atoms with E-state index in [1.165, 1.54) is 4.90 Å². The number of benzene rings is 1. The molecular formula is C15H21IN4O9S. The van der Waals surface area contributed by atoms with Gasteiger partial charge in [0.25, 0.3) is 21.7 Å². The molecule has 0 saturated carbocycles. The fourth-order valence-electron chi connectivity index (χ4n) is 2.51.